The van der Waals surface area contributed by atoms with Crippen LogP contribution in [0, 0.1) is 51.2 Å². The lowest BCUT2D eigenvalue weighted by Gasteiger charge is -2.50. The quantitative estimate of drug-likeness (QED) is 0.739. The molecule has 3 aliphatic rings. The first kappa shape index (κ1) is 16.9. The fourth-order valence-electron chi connectivity index (χ4n) is 5.04. The van der Waals surface area contributed by atoms with Crippen molar-refractivity contribution in [3.8, 4) is 18.2 Å². The zero-order valence-corrected chi connectivity index (χ0v) is 14.8. The number of rotatable bonds is 0. The molecule has 1 aromatic rings. The van der Waals surface area contributed by atoms with Gasteiger partial charge < -0.3 is 11.1 Å². The Morgan fingerprint density at radius 3 is 2.59 bits per heavy atom. The monoisotopic (exact) mass is 355 g/mol. The summed E-state index contributed by atoms with van der Waals surface area (Å²) in [6.07, 6.45) is 3.30. The summed E-state index contributed by atoms with van der Waals surface area (Å²) in [6, 6.07) is 13.3. The van der Waals surface area contributed by atoms with E-state index in [1.165, 1.54) is 0 Å². The third kappa shape index (κ3) is 1.74. The van der Waals surface area contributed by atoms with Gasteiger partial charge in [0.05, 0.1) is 23.4 Å². The highest BCUT2D eigenvalue weighted by Crippen LogP contribution is 2.63. The molecule has 0 fully saturated rings. The molecule has 6 heteroatoms. The molecule has 1 heterocycles. The van der Waals surface area contributed by atoms with Gasteiger partial charge in [-0.15, -0.1) is 0 Å². The highest BCUT2D eigenvalue weighted by Gasteiger charge is 2.71. The lowest BCUT2D eigenvalue weighted by molar-refractivity contribution is -0.125. The zero-order valence-electron chi connectivity index (χ0n) is 14.8. The highest BCUT2D eigenvalue weighted by atomic mass is 16.2. The summed E-state index contributed by atoms with van der Waals surface area (Å²) in [5.41, 5.74) is 4.78. The molecule has 132 valence electrons. The normalized spacial score (nSPS) is 30.3. The highest BCUT2D eigenvalue weighted by molar-refractivity contribution is 6.09. The summed E-state index contributed by atoms with van der Waals surface area (Å²) in [4.78, 5) is 13.4. The molecule has 0 saturated heterocycles. The summed E-state index contributed by atoms with van der Waals surface area (Å²) in [5, 5.41) is 32.9. The smallest absolute Gasteiger partial charge is 0.238 e. The minimum absolute atomic E-state index is 0.126. The first-order valence-electron chi connectivity index (χ1n) is 8.82. The number of carbonyl (C=O) groups excluding carboxylic acids is 1. The Kier molecular flexibility index (Phi) is 3.42. The number of benzene rings is 1. The van der Waals surface area contributed by atoms with Crippen molar-refractivity contribution in [1.82, 2.24) is 0 Å². The van der Waals surface area contributed by atoms with Gasteiger partial charge in [0.1, 0.15) is 11.5 Å². The molecule has 1 aliphatic heterocycles. The summed E-state index contributed by atoms with van der Waals surface area (Å²) >= 11 is 0. The Bertz CT molecular complexity index is 1050. The Morgan fingerprint density at radius 2 is 1.93 bits per heavy atom. The minimum atomic E-state index is -1.95. The number of hydrogen-bond acceptors (Lipinski definition) is 5. The molecule has 1 aromatic carbocycles. The predicted molar refractivity (Wildman–Crippen MR) is 97.2 cm³/mol. The van der Waals surface area contributed by atoms with Gasteiger partial charge in [0.2, 0.25) is 11.3 Å². The molecule has 1 spiro atoms. The molecular formula is C21H17N5O. The average Bonchev–Trinajstić information content (AvgIpc) is 2.97. The second kappa shape index (κ2) is 5.47. The number of nitrogens with zero attached hydrogens (tertiary/aromatic N) is 3. The molecule has 0 radical (unpaired) electrons. The van der Waals surface area contributed by atoms with E-state index in [1.54, 1.807) is 24.3 Å². The maximum Gasteiger partial charge on any atom is 0.238 e. The number of allylic oxidation sites excluding steroid dienone is 4. The maximum atomic E-state index is 13.4. The number of nitriles is 3. The lowest BCUT2D eigenvalue weighted by atomic mass is 9.47. The van der Waals surface area contributed by atoms with Crippen LogP contribution in [0.25, 0.3) is 0 Å². The third-order valence-electron chi connectivity index (χ3n) is 6.24. The molecule has 1 amide bonds. The molecule has 0 bridgehead atoms. The van der Waals surface area contributed by atoms with Crippen LogP contribution in [-0.2, 0) is 10.2 Å². The molecular weight excluding hydrogens is 338 g/mol. The van der Waals surface area contributed by atoms with Gasteiger partial charge in [0.25, 0.3) is 0 Å². The summed E-state index contributed by atoms with van der Waals surface area (Å²) < 4.78 is 0. The van der Waals surface area contributed by atoms with Crippen molar-refractivity contribution in [2.24, 2.45) is 23.0 Å². The number of para-hydroxylation sites is 1. The van der Waals surface area contributed by atoms with Crippen molar-refractivity contribution in [3.05, 3.63) is 52.7 Å². The summed E-state index contributed by atoms with van der Waals surface area (Å²) in [7, 11) is 0. The van der Waals surface area contributed by atoms with Crippen LogP contribution in [0.5, 0.6) is 0 Å². The van der Waals surface area contributed by atoms with E-state index in [4.69, 9.17) is 5.73 Å². The van der Waals surface area contributed by atoms with Crippen LogP contribution >= 0.6 is 0 Å². The van der Waals surface area contributed by atoms with Crippen molar-refractivity contribution in [2.75, 3.05) is 5.32 Å². The number of carbonyl (C=O) groups is 1. The van der Waals surface area contributed by atoms with E-state index in [9.17, 15) is 20.6 Å². The largest absolute Gasteiger partial charge is 0.399 e. The average molecular weight is 355 g/mol. The first-order chi connectivity index (χ1) is 13.0. The van der Waals surface area contributed by atoms with Crippen molar-refractivity contribution in [1.29, 1.82) is 15.8 Å². The zero-order chi connectivity index (χ0) is 19.4. The molecule has 4 rings (SSSR count). The number of hydrogen-bond donors (Lipinski definition) is 2. The Balaban J connectivity index is 2.20. The van der Waals surface area contributed by atoms with Crippen molar-refractivity contribution in [2.45, 2.75) is 25.2 Å². The molecule has 2 aliphatic carbocycles. The molecule has 0 saturated carbocycles. The van der Waals surface area contributed by atoms with E-state index in [0.29, 0.717) is 23.2 Å². The summed E-state index contributed by atoms with van der Waals surface area (Å²) in [6.45, 7) is 2.06. The van der Waals surface area contributed by atoms with Gasteiger partial charge in [-0.05, 0) is 36.0 Å². The van der Waals surface area contributed by atoms with Crippen molar-refractivity contribution >= 4 is 11.6 Å². The molecule has 6 nitrogen and oxygen atoms in total. The van der Waals surface area contributed by atoms with E-state index in [0.717, 1.165) is 6.42 Å². The fourth-order valence-corrected chi connectivity index (χ4v) is 5.04. The van der Waals surface area contributed by atoms with E-state index in [1.807, 2.05) is 18.2 Å². The second-order valence-corrected chi connectivity index (χ2v) is 7.47. The lowest BCUT2D eigenvalue weighted by Crippen LogP contribution is -2.60. The Morgan fingerprint density at radius 1 is 1.22 bits per heavy atom. The van der Waals surface area contributed by atoms with Gasteiger partial charge in [0, 0.05) is 11.6 Å². The van der Waals surface area contributed by atoms with E-state index < -0.39 is 22.7 Å². The van der Waals surface area contributed by atoms with Crippen molar-refractivity contribution in [3.63, 3.8) is 0 Å². The SMILES string of the molecule is C[C@H]1CC=C2C(C#N)=C(N)C(C#N)(C#N)[C@@]3(C(=O)Nc4ccccc43)[C@H]2C1. The number of nitrogens with two attached hydrogens (primary N) is 1. The Hall–Kier alpha value is -3.56. The van der Waals surface area contributed by atoms with Crippen LogP contribution in [0.2, 0.25) is 0 Å². The van der Waals surface area contributed by atoms with Gasteiger partial charge in [-0.25, -0.2) is 0 Å². The van der Waals surface area contributed by atoms with Crippen LogP contribution in [-0.4, -0.2) is 5.91 Å². The first-order valence-corrected chi connectivity index (χ1v) is 8.82. The second-order valence-electron chi connectivity index (χ2n) is 7.47. The predicted octanol–water partition coefficient (Wildman–Crippen LogP) is 2.63. The van der Waals surface area contributed by atoms with Gasteiger partial charge in [0.15, 0.2) is 0 Å². The number of fused-ring (bicyclic) bond motifs is 4. The van der Waals surface area contributed by atoms with Gasteiger partial charge in [-0.3, -0.25) is 4.79 Å². The van der Waals surface area contributed by atoms with Crippen LogP contribution in [0.1, 0.15) is 25.3 Å². The molecule has 27 heavy (non-hydrogen) atoms. The van der Waals surface area contributed by atoms with E-state index >= 15 is 0 Å². The molecule has 3 N–H and O–H groups in total. The minimum Gasteiger partial charge on any atom is -0.399 e. The molecule has 0 aromatic heterocycles. The van der Waals surface area contributed by atoms with Crippen LogP contribution in [0.4, 0.5) is 5.69 Å². The molecule has 3 atom stereocenters. The summed E-state index contributed by atoms with van der Waals surface area (Å²) in [5.74, 6) is -0.617. The van der Waals surface area contributed by atoms with Gasteiger partial charge in [-0.2, -0.15) is 15.8 Å². The van der Waals surface area contributed by atoms with Crippen LogP contribution in [0.3, 0.4) is 0 Å². The standard InChI is InChI=1S/C21H17N5O/c1-12-6-7-13-14(9-22)18(25)20(10-23,11-24)21(16(13)8-12)15-4-2-3-5-17(15)26-19(21)27/h2-5,7,12,16H,6,8,25H2,1H3,(H,26,27)/t12-,16-,21+/m0/s1. The third-order valence-corrected chi connectivity index (χ3v) is 6.24. The maximum absolute atomic E-state index is 13.4. The number of anilines is 1. The van der Waals surface area contributed by atoms with E-state index in [-0.39, 0.29) is 17.2 Å². The Labute approximate surface area is 157 Å². The fraction of sp³-hybridized carbons (Fsp3) is 0.333. The van der Waals surface area contributed by atoms with Gasteiger partial charge in [-0.1, -0.05) is 31.2 Å². The van der Waals surface area contributed by atoms with Crippen LogP contribution < -0.4 is 11.1 Å². The van der Waals surface area contributed by atoms with E-state index in [2.05, 4.69) is 18.3 Å². The topological polar surface area (TPSA) is 126 Å². The molecule has 0 unspecified atom stereocenters. The van der Waals surface area contributed by atoms with Gasteiger partial charge >= 0.3 is 0 Å². The van der Waals surface area contributed by atoms with Crippen LogP contribution in [0.15, 0.2) is 47.2 Å². The van der Waals surface area contributed by atoms with Crippen molar-refractivity contribution < 1.29 is 4.79 Å². The number of nitrogens with one attached hydrogen (secondary N) is 1. The number of amides is 1.